The van der Waals surface area contributed by atoms with E-state index in [0.717, 1.165) is 37.2 Å². The second-order valence-corrected chi connectivity index (χ2v) is 5.91. The van der Waals surface area contributed by atoms with Crippen molar-refractivity contribution in [3.63, 3.8) is 0 Å². The van der Waals surface area contributed by atoms with E-state index in [-0.39, 0.29) is 5.91 Å². The molecule has 0 atom stereocenters. The Kier molecular flexibility index (Phi) is 6.15. The highest BCUT2D eigenvalue weighted by atomic mass is 16.1. The third kappa shape index (κ3) is 5.40. The van der Waals surface area contributed by atoms with Crippen molar-refractivity contribution in [3.05, 3.63) is 59.3 Å². The summed E-state index contributed by atoms with van der Waals surface area (Å²) in [5.41, 5.74) is 8.66. The molecule has 23 heavy (non-hydrogen) atoms. The predicted molar refractivity (Wildman–Crippen MR) is 94.5 cm³/mol. The number of anilines is 1. The summed E-state index contributed by atoms with van der Waals surface area (Å²) in [7, 11) is 2.07. The number of hydrogen-bond acceptors (Lipinski definition) is 3. The van der Waals surface area contributed by atoms with Crippen LogP contribution in [0.2, 0.25) is 0 Å². The Morgan fingerprint density at radius 2 is 1.65 bits per heavy atom. The van der Waals surface area contributed by atoms with E-state index < -0.39 is 0 Å². The van der Waals surface area contributed by atoms with Crippen LogP contribution >= 0.6 is 0 Å². The lowest BCUT2D eigenvalue weighted by atomic mass is 10.0. The van der Waals surface area contributed by atoms with Gasteiger partial charge in [-0.25, -0.2) is 4.98 Å². The summed E-state index contributed by atoms with van der Waals surface area (Å²) in [4.78, 5) is 17.6. The molecule has 0 saturated heterocycles. The topological polar surface area (TPSA) is 59.2 Å². The number of aromatic nitrogens is 1. The summed E-state index contributed by atoms with van der Waals surface area (Å²) in [6.07, 6.45) is 5.30. The summed E-state index contributed by atoms with van der Waals surface area (Å²) in [5, 5.41) is 0. The lowest BCUT2D eigenvalue weighted by molar-refractivity contribution is -0.117. The second-order valence-electron chi connectivity index (χ2n) is 5.91. The molecule has 4 nitrogen and oxygen atoms in total. The van der Waals surface area contributed by atoms with Crippen LogP contribution in [-0.4, -0.2) is 24.5 Å². The quantitative estimate of drug-likeness (QED) is 0.815. The van der Waals surface area contributed by atoms with E-state index >= 15 is 0 Å². The normalized spacial score (nSPS) is 10.5. The lowest BCUT2D eigenvalue weighted by Crippen LogP contribution is -2.18. The Morgan fingerprint density at radius 1 is 1.04 bits per heavy atom. The molecule has 0 aliphatic heterocycles. The lowest BCUT2D eigenvalue weighted by Gasteiger charge is -2.17. The number of benzene rings is 1. The van der Waals surface area contributed by atoms with Crippen molar-refractivity contribution < 1.29 is 4.79 Å². The van der Waals surface area contributed by atoms with Gasteiger partial charge in [-0.3, -0.25) is 4.79 Å². The fraction of sp³-hybridized carbons (Fsp3) is 0.368. The van der Waals surface area contributed by atoms with Crippen LogP contribution in [0.5, 0.6) is 0 Å². The molecule has 1 heterocycles. The number of pyridine rings is 1. The number of carbonyl (C=O) groups is 1. The highest BCUT2D eigenvalue weighted by Crippen LogP contribution is 2.13. The summed E-state index contributed by atoms with van der Waals surface area (Å²) >= 11 is 0. The molecule has 2 aromatic rings. The van der Waals surface area contributed by atoms with Crippen LogP contribution in [-0.2, 0) is 24.1 Å². The summed E-state index contributed by atoms with van der Waals surface area (Å²) in [6, 6.07) is 12.3. The summed E-state index contributed by atoms with van der Waals surface area (Å²) in [6.45, 7) is 3.18. The van der Waals surface area contributed by atoms with Crippen LogP contribution in [0.1, 0.15) is 30.0 Å². The number of nitrogens with two attached hydrogens (primary N) is 1. The van der Waals surface area contributed by atoms with Gasteiger partial charge in [0.1, 0.15) is 5.82 Å². The van der Waals surface area contributed by atoms with Crippen molar-refractivity contribution in [3.8, 4) is 0 Å². The van der Waals surface area contributed by atoms with Crippen LogP contribution in [0.3, 0.4) is 0 Å². The van der Waals surface area contributed by atoms with Crippen LogP contribution in [0.15, 0.2) is 42.6 Å². The van der Waals surface area contributed by atoms with E-state index in [1.807, 2.05) is 18.3 Å². The third-order valence-electron chi connectivity index (χ3n) is 3.86. The number of primary amides is 1. The van der Waals surface area contributed by atoms with Gasteiger partial charge in [0.25, 0.3) is 0 Å². The fourth-order valence-corrected chi connectivity index (χ4v) is 2.55. The molecule has 122 valence electrons. The first-order chi connectivity index (χ1) is 11.1. The Bertz CT molecular complexity index is 620. The maximum atomic E-state index is 10.9. The van der Waals surface area contributed by atoms with E-state index in [1.54, 1.807) is 0 Å². The first-order valence-electron chi connectivity index (χ1n) is 8.10. The zero-order valence-electron chi connectivity index (χ0n) is 14.0. The predicted octanol–water partition coefficient (Wildman–Crippen LogP) is 2.74. The third-order valence-corrected chi connectivity index (χ3v) is 3.86. The van der Waals surface area contributed by atoms with Gasteiger partial charge in [0.05, 0.1) is 6.42 Å². The molecule has 0 fully saturated rings. The zero-order valence-corrected chi connectivity index (χ0v) is 14.0. The highest BCUT2D eigenvalue weighted by Gasteiger charge is 2.03. The molecule has 2 N–H and O–H groups in total. The van der Waals surface area contributed by atoms with Crippen molar-refractivity contribution in [1.82, 2.24) is 4.98 Å². The van der Waals surface area contributed by atoms with Crippen molar-refractivity contribution in [1.29, 1.82) is 0 Å². The Balaban J connectivity index is 1.89. The molecule has 0 radical (unpaired) electrons. The van der Waals surface area contributed by atoms with E-state index in [4.69, 9.17) is 5.73 Å². The van der Waals surface area contributed by atoms with Crippen LogP contribution in [0.25, 0.3) is 0 Å². The molecule has 0 aliphatic rings. The molecule has 4 heteroatoms. The number of nitrogens with zero attached hydrogens (tertiary/aromatic N) is 2. The van der Waals surface area contributed by atoms with E-state index in [0.29, 0.717) is 6.42 Å². The zero-order chi connectivity index (χ0) is 16.7. The molecule has 0 spiro atoms. The minimum absolute atomic E-state index is 0.294. The number of hydrogen-bond donors (Lipinski definition) is 1. The molecule has 1 aromatic heterocycles. The van der Waals surface area contributed by atoms with Gasteiger partial charge in [-0.05, 0) is 42.0 Å². The van der Waals surface area contributed by atoms with E-state index in [1.165, 1.54) is 11.1 Å². The highest BCUT2D eigenvalue weighted by molar-refractivity contribution is 5.76. The largest absolute Gasteiger partial charge is 0.369 e. The standard InChI is InChI=1S/C19H25N3O/c1-3-12-22(2)19-11-10-17(14-21-19)9-6-15-4-7-16(8-5-15)13-18(20)23/h4-5,7-8,10-11,14H,3,6,9,12-13H2,1-2H3,(H2,20,23). The monoisotopic (exact) mass is 311 g/mol. The molecule has 1 amide bonds. The second kappa shape index (κ2) is 8.32. The Hall–Kier alpha value is -2.36. The SMILES string of the molecule is CCCN(C)c1ccc(CCc2ccc(CC(N)=O)cc2)cn1. The van der Waals surface area contributed by atoms with Gasteiger partial charge >= 0.3 is 0 Å². The van der Waals surface area contributed by atoms with Gasteiger partial charge in [0, 0.05) is 19.8 Å². The molecule has 0 saturated carbocycles. The first kappa shape index (κ1) is 17.0. The molecule has 0 unspecified atom stereocenters. The molecular weight excluding hydrogens is 286 g/mol. The minimum atomic E-state index is -0.294. The Morgan fingerprint density at radius 3 is 2.22 bits per heavy atom. The fourth-order valence-electron chi connectivity index (χ4n) is 2.55. The van der Waals surface area contributed by atoms with Crippen molar-refractivity contribution in [2.45, 2.75) is 32.6 Å². The molecule has 2 rings (SSSR count). The maximum Gasteiger partial charge on any atom is 0.221 e. The molecular formula is C19H25N3O. The minimum Gasteiger partial charge on any atom is -0.369 e. The van der Waals surface area contributed by atoms with Crippen molar-refractivity contribution >= 4 is 11.7 Å². The van der Waals surface area contributed by atoms with Crippen LogP contribution in [0, 0.1) is 0 Å². The first-order valence-corrected chi connectivity index (χ1v) is 8.10. The number of aryl methyl sites for hydroxylation is 2. The van der Waals surface area contributed by atoms with E-state index in [9.17, 15) is 4.79 Å². The van der Waals surface area contributed by atoms with Gasteiger partial charge in [0.15, 0.2) is 0 Å². The summed E-state index contributed by atoms with van der Waals surface area (Å²) < 4.78 is 0. The average Bonchev–Trinajstić information content (AvgIpc) is 2.54. The number of amides is 1. The maximum absolute atomic E-state index is 10.9. The summed E-state index contributed by atoms with van der Waals surface area (Å²) in [5.74, 6) is 0.725. The molecule has 0 bridgehead atoms. The van der Waals surface area contributed by atoms with Gasteiger partial charge < -0.3 is 10.6 Å². The van der Waals surface area contributed by atoms with E-state index in [2.05, 4.69) is 48.1 Å². The van der Waals surface area contributed by atoms with Crippen LogP contribution in [0.4, 0.5) is 5.82 Å². The molecule has 1 aromatic carbocycles. The Labute approximate surface area is 138 Å². The average molecular weight is 311 g/mol. The molecule has 0 aliphatic carbocycles. The smallest absolute Gasteiger partial charge is 0.221 e. The van der Waals surface area contributed by atoms with Gasteiger partial charge in [0.2, 0.25) is 5.91 Å². The number of carbonyl (C=O) groups excluding carboxylic acids is 1. The van der Waals surface area contributed by atoms with Crippen molar-refractivity contribution in [2.24, 2.45) is 5.73 Å². The van der Waals surface area contributed by atoms with Crippen molar-refractivity contribution in [2.75, 3.05) is 18.5 Å². The van der Waals surface area contributed by atoms with Crippen LogP contribution < -0.4 is 10.6 Å². The number of rotatable bonds is 8. The van der Waals surface area contributed by atoms with Gasteiger partial charge in [-0.1, -0.05) is 37.3 Å². The van der Waals surface area contributed by atoms with Gasteiger partial charge in [-0.2, -0.15) is 0 Å². The van der Waals surface area contributed by atoms with Gasteiger partial charge in [-0.15, -0.1) is 0 Å².